The van der Waals surface area contributed by atoms with Crippen LogP contribution in [0.15, 0.2) is 18.2 Å². The van der Waals surface area contributed by atoms with Crippen LogP contribution >= 0.6 is 0 Å². The summed E-state index contributed by atoms with van der Waals surface area (Å²) in [5, 5.41) is 0. The van der Waals surface area contributed by atoms with Gasteiger partial charge in [-0.2, -0.15) is 0 Å². The maximum absolute atomic E-state index is 6.41. The van der Waals surface area contributed by atoms with Gasteiger partial charge in [-0.15, -0.1) is 0 Å². The molecule has 0 bridgehead atoms. The molecule has 1 unspecified atom stereocenters. The molecular weight excluding hydrogens is 232 g/mol. The van der Waals surface area contributed by atoms with Crippen LogP contribution in [-0.4, -0.2) is 24.0 Å². The largest absolute Gasteiger partial charge is 0.323 e. The monoisotopic (exact) mass is 260 g/mol. The van der Waals surface area contributed by atoms with Crippen LogP contribution in [0.2, 0.25) is 0 Å². The van der Waals surface area contributed by atoms with Gasteiger partial charge in [0.1, 0.15) is 0 Å². The molecule has 1 fully saturated rings. The molecule has 106 valence electrons. The zero-order valence-corrected chi connectivity index (χ0v) is 12.8. The summed E-state index contributed by atoms with van der Waals surface area (Å²) in [6.07, 6.45) is 2.71. The molecule has 0 aliphatic heterocycles. The number of hydrogen-bond acceptors (Lipinski definition) is 2. The van der Waals surface area contributed by atoms with E-state index in [1.54, 1.807) is 0 Å². The Bertz CT molecular complexity index is 421. The number of nitrogens with two attached hydrogens (primary N) is 1. The molecule has 2 nitrogen and oxygen atoms in total. The molecule has 1 saturated carbocycles. The van der Waals surface area contributed by atoms with Gasteiger partial charge in [0.2, 0.25) is 0 Å². The maximum atomic E-state index is 6.41. The average Bonchev–Trinajstić information content (AvgIpc) is 3.15. The SMILES string of the molecule is Cc1ccc(C(N)CN(CC(C)C)C2CC2)cc1C. The Labute approximate surface area is 118 Å². The molecular formula is C17H28N2. The molecule has 0 heterocycles. The summed E-state index contributed by atoms with van der Waals surface area (Å²) in [5.41, 5.74) is 10.4. The second kappa shape index (κ2) is 6.06. The molecule has 1 aliphatic rings. The second-order valence-corrected chi connectivity index (χ2v) is 6.53. The second-order valence-electron chi connectivity index (χ2n) is 6.53. The zero-order valence-electron chi connectivity index (χ0n) is 12.8. The molecule has 0 radical (unpaired) electrons. The minimum absolute atomic E-state index is 0.138. The van der Waals surface area contributed by atoms with Crippen LogP contribution in [0.1, 0.15) is 49.4 Å². The highest BCUT2D eigenvalue weighted by molar-refractivity contribution is 5.31. The van der Waals surface area contributed by atoms with E-state index in [0.29, 0.717) is 5.92 Å². The summed E-state index contributed by atoms with van der Waals surface area (Å²) in [5.74, 6) is 0.715. The van der Waals surface area contributed by atoms with E-state index in [1.165, 1.54) is 36.1 Å². The number of nitrogens with zero attached hydrogens (tertiary/aromatic N) is 1. The normalized spacial score (nSPS) is 17.2. The van der Waals surface area contributed by atoms with Crippen molar-refractivity contribution in [3.05, 3.63) is 34.9 Å². The fourth-order valence-corrected chi connectivity index (χ4v) is 2.63. The summed E-state index contributed by atoms with van der Waals surface area (Å²) < 4.78 is 0. The first-order valence-corrected chi connectivity index (χ1v) is 7.54. The van der Waals surface area contributed by atoms with Crippen molar-refractivity contribution in [2.45, 2.75) is 52.6 Å². The van der Waals surface area contributed by atoms with Gasteiger partial charge in [-0.05, 0) is 49.3 Å². The van der Waals surface area contributed by atoms with Crippen LogP contribution in [0.25, 0.3) is 0 Å². The Kier molecular flexibility index (Phi) is 4.64. The average molecular weight is 260 g/mol. The lowest BCUT2D eigenvalue weighted by atomic mass is 10.0. The standard InChI is InChI=1S/C17H28N2/c1-12(2)10-19(16-7-8-16)11-17(18)15-6-5-13(3)14(4)9-15/h5-6,9,12,16-17H,7-8,10-11,18H2,1-4H3. The van der Waals surface area contributed by atoms with Crippen molar-refractivity contribution in [1.82, 2.24) is 4.90 Å². The number of benzene rings is 1. The first-order chi connectivity index (χ1) is 8.97. The topological polar surface area (TPSA) is 29.3 Å². The van der Waals surface area contributed by atoms with Crippen molar-refractivity contribution >= 4 is 0 Å². The lowest BCUT2D eigenvalue weighted by Crippen LogP contribution is -2.36. The molecule has 0 saturated heterocycles. The molecule has 1 aromatic rings. The molecule has 1 atom stereocenters. The predicted octanol–water partition coefficient (Wildman–Crippen LogP) is 3.42. The van der Waals surface area contributed by atoms with Crippen molar-refractivity contribution in [2.75, 3.05) is 13.1 Å². The van der Waals surface area contributed by atoms with E-state index in [0.717, 1.165) is 12.6 Å². The van der Waals surface area contributed by atoms with Gasteiger partial charge < -0.3 is 5.73 Å². The predicted molar refractivity (Wildman–Crippen MR) is 82.3 cm³/mol. The van der Waals surface area contributed by atoms with Crippen LogP contribution in [0.3, 0.4) is 0 Å². The Morgan fingerprint density at radius 1 is 1.16 bits per heavy atom. The van der Waals surface area contributed by atoms with Gasteiger partial charge in [-0.1, -0.05) is 32.0 Å². The van der Waals surface area contributed by atoms with E-state index in [1.807, 2.05) is 0 Å². The van der Waals surface area contributed by atoms with Gasteiger partial charge in [-0.25, -0.2) is 0 Å². The molecule has 19 heavy (non-hydrogen) atoms. The van der Waals surface area contributed by atoms with Crippen LogP contribution in [0.4, 0.5) is 0 Å². The smallest absolute Gasteiger partial charge is 0.0424 e. The highest BCUT2D eigenvalue weighted by Gasteiger charge is 2.30. The first-order valence-electron chi connectivity index (χ1n) is 7.54. The highest BCUT2D eigenvalue weighted by Crippen LogP contribution is 2.29. The van der Waals surface area contributed by atoms with Gasteiger partial charge in [0.25, 0.3) is 0 Å². The van der Waals surface area contributed by atoms with E-state index < -0.39 is 0 Å². The molecule has 1 aromatic carbocycles. The van der Waals surface area contributed by atoms with Gasteiger partial charge >= 0.3 is 0 Å². The lowest BCUT2D eigenvalue weighted by Gasteiger charge is -2.27. The summed E-state index contributed by atoms with van der Waals surface area (Å²) >= 11 is 0. The van der Waals surface area contributed by atoms with Crippen molar-refractivity contribution in [3.63, 3.8) is 0 Å². The van der Waals surface area contributed by atoms with E-state index in [-0.39, 0.29) is 6.04 Å². The van der Waals surface area contributed by atoms with Gasteiger partial charge in [0, 0.05) is 25.2 Å². The van der Waals surface area contributed by atoms with Gasteiger partial charge in [0.05, 0.1) is 0 Å². The van der Waals surface area contributed by atoms with Gasteiger partial charge in [-0.3, -0.25) is 4.90 Å². The third kappa shape index (κ3) is 4.05. The molecule has 1 aliphatic carbocycles. The third-order valence-corrected chi connectivity index (χ3v) is 4.05. The summed E-state index contributed by atoms with van der Waals surface area (Å²) in [4.78, 5) is 2.59. The van der Waals surface area contributed by atoms with E-state index >= 15 is 0 Å². The van der Waals surface area contributed by atoms with Gasteiger partial charge in [0.15, 0.2) is 0 Å². The number of rotatable bonds is 6. The first kappa shape index (κ1) is 14.5. The van der Waals surface area contributed by atoms with E-state index in [2.05, 4.69) is 50.8 Å². The zero-order chi connectivity index (χ0) is 14.0. The number of hydrogen-bond donors (Lipinski definition) is 1. The molecule has 0 amide bonds. The van der Waals surface area contributed by atoms with E-state index in [9.17, 15) is 0 Å². The Morgan fingerprint density at radius 3 is 2.37 bits per heavy atom. The Hall–Kier alpha value is -0.860. The fraction of sp³-hybridized carbons (Fsp3) is 0.647. The van der Waals surface area contributed by atoms with E-state index in [4.69, 9.17) is 5.73 Å². The third-order valence-electron chi connectivity index (χ3n) is 4.05. The summed E-state index contributed by atoms with van der Waals surface area (Å²) in [7, 11) is 0. The van der Waals surface area contributed by atoms with Crippen LogP contribution in [0, 0.1) is 19.8 Å². The van der Waals surface area contributed by atoms with Crippen molar-refractivity contribution in [3.8, 4) is 0 Å². The minimum atomic E-state index is 0.138. The fourth-order valence-electron chi connectivity index (χ4n) is 2.63. The molecule has 2 heteroatoms. The van der Waals surface area contributed by atoms with Crippen molar-refractivity contribution in [1.29, 1.82) is 0 Å². The highest BCUT2D eigenvalue weighted by atomic mass is 15.2. The maximum Gasteiger partial charge on any atom is 0.0424 e. The van der Waals surface area contributed by atoms with Crippen molar-refractivity contribution < 1.29 is 0 Å². The Balaban J connectivity index is 2.01. The minimum Gasteiger partial charge on any atom is -0.323 e. The summed E-state index contributed by atoms with van der Waals surface area (Å²) in [6.45, 7) is 11.1. The molecule has 2 N–H and O–H groups in total. The van der Waals surface area contributed by atoms with Crippen LogP contribution in [-0.2, 0) is 0 Å². The van der Waals surface area contributed by atoms with Crippen LogP contribution in [0.5, 0.6) is 0 Å². The van der Waals surface area contributed by atoms with Crippen molar-refractivity contribution in [2.24, 2.45) is 11.7 Å². The summed E-state index contributed by atoms with van der Waals surface area (Å²) in [6, 6.07) is 7.56. The van der Waals surface area contributed by atoms with Crippen LogP contribution < -0.4 is 5.73 Å². The number of aryl methyl sites for hydroxylation is 2. The molecule has 0 aromatic heterocycles. The molecule has 2 rings (SSSR count). The quantitative estimate of drug-likeness (QED) is 0.849. The lowest BCUT2D eigenvalue weighted by molar-refractivity contribution is 0.221. The molecule has 0 spiro atoms. The Morgan fingerprint density at radius 2 is 1.84 bits per heavy atom.